The van der Waals surface area contributed by atoms with Gasteiger partial charge in [-0.1, -0.05) is 0 Å². The maximum Gasteiger partial charge on any atom is 0.184 e. The van der Waals surface area contributed by atoms with Crippen molar-refractivity contribution in [2.75, 3.05) is 0 Å². The van der Waals surface area contributed by atoms with Crippen molar-refractivity contribution in [3.05, 3.63) is 16.6 Å². The summed E-state index contributed by atoms with van der Waals surface area (Å²) in [7, 11) is 0. The molecule has 0 saturated carbocycles. The fourth-order valence-electron chi connectivity index (χ4n) is 0.578. The molecule has 1 heterocycles. The minimum absolute atomic E-state index is 0.161. The van der Waals surface area contributed by atoms with E-state index in [2.05, 4.69) is 27.1 Å². The van der Waals surface area contributed by atoms with Gasteiger partial charge in [0.15, 0.2) is 5.11 Å². The second-order valence-corrected chi connectivity index (χ2v) is 3.38. The van der Waals surface area contributed by atoms with Crippen LogP contribution >= 0.6 is 23.8 Å². The van der Waals surface area contributed by atoms with Crippen molar-refractivity contribution in [1.29, 1.82) is 0 Å². The number of aryl methyl sites for hydroxylation is 1. The lowest BCUT2D eigenvalue weighted by atomic mass is 10.3. The number of nitrogens with one attached hydrogen (secondary N) is 1. The van der Waals surface area contributed by atoms with Crippen LogP contribution in [0.2, 0.25) is 0 Å². The van der Waals surface area contributed by atoms with Gasteiger partial charge in [0.05, 0.1) is 11.1 Å². The van der Waals surface area contributed by atoms with E-state index in [1.165, 1.54) is 11.5 Å². The summed E-state index contributed by atoms with van der Waals surface area (Å²) in [5.41, 5.74) is 8.72. The van der Waals surface area contributed by atoms with E-state index in [1.807, 2.05) is 6.92 Å². The first-order valence-electron chi connectivity index (χ1n) is 3.20. The summed E-state index contributed by atoms with van der Waals surface area (Å²) in [6.45, 7) is 1.96. The van der Waals surface area contributed by atoms with Gasteiger partial charge in [-0.3, -0.25) is 5.43 Å². The van der Waals surface area contributed by atoms with Gasteiger partial charge in [0.2, 0.25) is 0 Å². The molecule has 0 aromatic carbocycles. The van der Waals surface area contributed by atoms with Crippen molar-refractivity contribution >= 4 is 35.1 Å². The number of hydrogen-bond donors (Lipinski definition) is 2. The first-order valence-corrected chi connectivity index (χ1v) is 4.38. The molecule has 64 valence electrons. The number of aromatic nitrogens is 1. The molecule has 0 saturated heterocycles. The van der Waals surface area contributed by atoms with Crippen LogP contribution in [0, 0.1) is 6.92 Å². The number of nitrogens with two attached hydrogens (primary N) is 1. The SMILES string of the molecule is Cc1cnsc1C=NNC(N)=S. The van der Waals surface area contributed by atoms with E-state index in [9.17, 15) is 0 Å². The number of rotatable bonds is 2. The summed E-state index contributed by atoms with van der Waals surface area (Å²) in [5, 5.41) is 3.96. The molecule has 0 spiro atoms. The molecule has 1 aromatic heterocycles. The third-order valence-corrected chi connectivity index (χ3v) is 2.07. The van der Waals surface area contributed by atoms with Crippen molar-refractivity contribution < 1.29 is 0 Å². The molecule has 0 aliphatic rings. The summed E-state index contributed by atoms with van der Waals surface area (Å²) in [6.07, 6.45) is 3.43. The molecule has 3 N–H and O–H groups in total. The highest BCUT2D eigenvalue weighted by atomic mass is 32.1. The predicted molar refractivity (Wildman–Crippen MR) is 54.4 cm³/mol. The molecule has 4 nitrogen and oxygen atoms in total. The Kier molecular flexibility index (Phi) is 3.12. The smallest absolute Gasteiger partial charge is 0.184 e. The summed E-state index contributed by atoms with van der Waals surface area (Å²) >= 11 is 5.94. The van der Waals surface area contributed by atoms with Gasteiger partial charge in [-0.15, -0.1) is 0 Å². The minimum atomic E-state index is 0.161. The fraction of sp³-hybridized carbons (Fsp3) is 0.167. The molecule has 0 aliphatic heterocycles. The van der Waals surface area contributed by atoms with E-state index >= 15 is 0 Å². The topological polar surface area (TPSA) is 63.3 Å². The summed E-state index contributed by atoms with van der Waals surface area (Å²) in [5.74, 6) is 0. The van der Waals surface area contributed by atoms with E-state index < -0.39 is 0 Å². The zero-order valence-electron chi connectivity index (χ0n) is 6.44. The number of thiocarbonyl (C=S) groups is 1. The number of hydrazone groups is 1. The van der Waals surface area contributed by atoms with Crippen LogP contribution in [0.5, 0.6) is 0 Å². The highest BCUT2D eigenvalue weighted by molar-refractivity contribution is 7.80. The van der Waals surface area contributed by atoms with Crippen molar-refractivity contribution in [1.82, 2.24) is 9.80 Å². The normalized spacial score (nSPS) is 10.4. The van der Waals surface area contributed by atoms with Gasteiger partial charge in [0.25, 0.3) is 0 Å². The van der Waals surface area contributed by atoms with Crippen LogP contribution in [0.3, 0.4) is 0 Å². The Hall–Kier alpha value is -1.01. The van der Waals surface area contributed by atoms with Gasteiger partial charge in [0, 0.05) is 6.20 Å². The third kappa shape index (κ3) is 2.55. The molecule has 6 heteroatoms. The molecular weight excluding hydrogens is 192 g/mol. The summed E-state index contributed by atoms with van der Waals surface area (Å²) < 4.78 is 3.98. The average Bonchev–Trinajstić information content (AvgIpc) is 2.36. The minimum Gasteiger partial charge on any atom is -0.375 e. The molecular formula is C6H8N4S2. The standard InChI is InChI=1S/C6H8N4S2/c1-4-2-9-12-5(4)3-8-10-6(7)11/h2-3H,1H3,(H3,7,10,11). The average molecular weight is 200 g/mol. The Morgan fingerprint density at radius 3 is 3.17 bits per heavy atom. The van der Waals surface area contributed by atoms with Crippen LogP contribution in [-0.2, 0) is 0 Å². The Morgan fingerprint density at radius 2 is 2.67 bits per heavy atom. The molecule has 0 bridgehead atoms. The van der Waals surface area contributed by atoms with Crippen molar-refractivity contribution in [3.8, 4) is 0 Å². The van der Waals surface area contributed by atoms with Gasteiger partial charge in [-0.05, 0) is 36.2 Å². The molecule has 0 radical (unpaired) electrons. The highest BCUT2D eigenvalue weighted by Gasteiger charge is 1.95. The molecule has 0 atom stereocenters. The highest BCUT2D eigenvalue weighted by Crippen LogP contribution is 2.07. The second kappa shape index (κ2) is 4.13. The number of hydrogen-bond acceptors (Lipinski definition) is 4. The first-order chi connectivity index (χ1) is 5.70. The Morgan fingerprint density at radius 1 is 1.92 bits per heavy atom. The molecule has 0 unspecified atom stereocenters. The zero-order valence-corrected chi connectivity index (χ0v) is 8.08. The van der Waals surface area contributed by atoms with Crippen LogP contribution in [0.25, 0.3) is 0 Å². The lowest BCUT2D eigenvalue weighted by Gasteiger charge is -1.92. The third-order valence-electron chi connectivity index (χ3n) is 1.14. The van der Waals surface area contributed by atoms with Crippen LogP contribution in [0.15, 0.2) is 11.3 Å². The van der Waals surface area contributed by atoms with Gasteiger partial charge in [-0.2, -0.15) is 5.10 Å². The molecule has 1 aromatic rings. The van der Waals surface area contributed by atoms with Crippen LogP contribution in [0.4, 0.5) is 0 Å². The maximum atomic E-state index is 5.16. The van der Waals surface area contributed by atoms with Gasteiger partial charge in [-0.25, -0.2) is 4.37 Å². The largest absolute Gasteiger partial charge is 0.375 e. The van der Waals surface area contributed by atoms with Crippen molar-refractivity contribution in [2.24, 2.45) is 10.8 Å². The summed E-state index contributed by atoms with van der Waals surface area (Å²) in [4.78, 5) is 0.999. The van der Waals surface area contributed by atoms with E-state index in [1.54, 1.807) is 12.4 Å². The maximum absolute atomic E-state index is 5.16. The van der Waals surface area contributed by atoms with Crippen LogP contribution in [-0.4, -0.2) is 15.7 Å². The van der Waals surface area contributed by atoms with Gasteiger partial charge >= 0.3 is 0 Å². The molecule has 0 fully saturated rings. The Bertz CT molecular complexity index is 304. The Labute approximate surface area is 79.6 Å². The molecule has 1 rings (SSSR count). The van der Waals surface area contributed by atoms with E-state index in [-0.39, 0.29) is 5.11 Å². The van der Waals surface area contributed by atoms with Crippen molar-refractivity contribution in [2.45, 2.75) is 6.92 Å². The zero-order chi connectivity index (χ0) is 8.97. The first kappa shape index (κ1) is 9.08. The monoisotopic (exact) mass is 200 g/mol. The predicted octanol–water partition coefficient (Wildman–Crippen LogP) is 0.619. The Balaban J connectivity index is 2.57. The van der Waals surface area contributed by atoms with Crippen LogP contribution < -0.4 is 11.2 Å². The van der Waals surface area contributed by atoms with Crippen molar-refractivity contribution in [3.63, 3.8) is 0 Å². The summed E-state index contributed by atoms with van der Waals surface area (Å²) in [6, 6.07) is 0. The second-order valence-electron chi connectivity index (χ2n) is 2.11. The molecule has 12 heavy (non-hydrogen) atoms. The quantitative estimate of drug-likeness (QED) is 0.417. The van der Waals surface area contributed by atoms with E-state index in [0.29, 0.717) is 0 Å². The van der Waals surface area contributed by atoms with Crippen LogP contribution in [0.1, 0.15) is 10.4 Å². The molecule has 0 amide bonds. The lowest BCUT2D eigenvalue weighted by Crippen LogP contribution is -2.23. The number of nitrogens with zero attached hydrogens (tertiary/aromatic N) is 2. The lowest BCUT2D eigenvalue weighted by molar-refractivity contribution is 1.04. The fourth-order valence-corrected chi connectivity index (χ4v) is 1.25. The molecule has 0 aliphatic carbocycles. The van der Waals surface area contributed by atoms with E-state index in [0.717, 1.165) is 10.4 Å². The van der Waals surface area contributed by atoms with Gasteiger partial charge in [0.1, 0.15) is 0 Å². The van der Waals surface area contributed by atoms with Gasteiger partial charge < -0.3 is 5.73 Å². The van der Waals surface area contributed by atoms with E-state index in [4.69, 9.17) is 5.73 Å².